The molecule has 3 rings (SSSR count). The summed E-state index contributed by atoms with van der Waals surface area (Å²) in [5, 5.41) is 17.0. The van der Waals surface area contributed by atoms with Gasteiger partial charge in [0.25, 0.3) is 5.95 Å². The van der Waals surface area contributed by atoms with Crippen LogP contribution in [0, 0.1) is 0 Å². The summed E-state index contributed by atoms with van der Waals surface area (Å²) < 4.78 is 0. The number of rotatable bonds is 6. The summed E-state index contributed by atoms with van der Waals surface area (Å²) in [4.78, 5) is 8.09. The van der Waals surface area contributed by atoms with Crippen molar-refractivity contribution in [2.75, 3.05) is 0 Å². The van der Waals surface area contributed by atoms with Crippen LogP contribution in [0.3, 0.4) is 0 Å². The Labute approximate surface area is 152 Å². The van der Waals surface area contributed by atoms with Gasteiger partial charge < -0.3 is 0 Å². The minimum atomic E-state index is -0.551. The number of benzene rings is 2. The second kappa shape index (κ2) is 8.71. The van der Waals surface area contributed by atoms with E-state index in [1.165, 1.54) is 5.56 Å². The van der Waals surface area contributed by atoms with Gasteiger partial charge in [-0.2, -0.15) is 15.3 Å². The zero-order valence-electron chi connectivity index (χ0n) is 14.8. The van der Waals surface area contributed by atoms with Gasteiger partial charge >= 0.3 is 0 Å². The van der Waals surface area contributed by atoms with Crippen LogP contribution in [-0.2, 0) is 0 Å². The Hall–Kier alpha value is -3.28. The quantitative estimate of drug-likeness (QED) is 0.502. The molecule has 1 aromatic heterocycles. The molecular weight excluding hydrogens is 324 g/mol. The van der Waals surface area contributed by atoms with Gasteiger partial charge in [-0.1, -0.05) is 56.3 Å². The summed E-state index contributed by atoms with van der Waals surface area (Å²) in [6, 6.07) is 19.5. The average Bonchev–Trinajstić information content (AvgIpc) is 2.70. The van der Waals surface area contributed by atoms with Crippen molar-refractivity contribution in [2.24, 2.45) is 20.5 Å². The molecule has 0 saturated heterocycles. The van der Waals surface area contributed by atoms with E-state index in [1.54, 1.807) is 18.5 Å². The molecule has 0 aliphatic carbocycles. The van der Waals surface area contributed by atoms with E-state index >= 15 is 0 Å². The highest BCUT2D eigenvalue weighted by Crippen LogP contribution is 2.25. The van der Waals surface area contributed by atoms with E-state index in [2.05, 4.69) is 56.4 Å². The molecule has 0 bridgehead atoms. The van der Waals surface area contributed by atoms with Gasteiger partial charge in [0.15, 0.2) is 0 Å². The molecule has 0 spiro atoms. The van der Waals surface area contributed by atoms with Crippen molar-refractivity contribution in [3.63, 3.8) is 0 Å². The van der Waals surface area contributed by atoms with Crippen LogP contribution in [0.15, 0.2) is 93.5 Å². The maximum Gasteiger partial charge on any atom is 0.268 e. The first-order valence-corrected chi connectivity index (χ1v) is 8.46. The average molecular weight is 344 g/mol. The number of hydrogen-bond acceptors (Lipinski definition) is 6. The standard InChI is InChI=1S/C20H20N6/c1-15(2)16-9-11-18(12-10-16)23-24-19(17-7-4-3-5-8-17)25-26-20-21-13-6-14-22-20/h3-15,19H,1-2H3. The summed E-state index contributed by atoms with van der Waals surface area (Å²) in [5.41, 5.74) is 2.95. The number of azo groups is 2. The van der Waals surface area contributed by atoms with Crippen LogP contribution in [0.1, 0.15) is 37.1 Å². The molecule has 2 aromatic carbocycles. The fraction of sp³-hybridized carbons (Fsp3) is 0.200. The molecule has 0 N–H and O–H groups in total. The van der Waals surface area contributed by atoms with Crippen LogP contribution in [0.5, 0.6) is 0 Å². The number of nitrogens with zero attached hydrogens (tertiary/aromatic N) is 6. The van der Waals surface area contributed by atoms with Crippen molar-refractivity contribution in [3.8, 4) is 0 Å². The van der Waals surface area contributed by atoms with Crippen LogP contribution in [-0.4, -0.2) is 9.97 Å². The molecule has 0 saturated carbocycles. The normalized spacial score (nSPS) is 12.9. The Bertz CT molecular complexity index is 858. The maximum absolute atomic E-state index is 4.36. The lowest BCUT2D eigenvalue weighted by Gasteiger charge is -2.06. The van der Waals surface area contributed by atoms with Crippen molar-refractivity contribution >= 4 is 11.6 Å². The van der Waals surface area contributed by atoms with Crippen molar-refractivity contribution in [2.45, 2.75) is 25.9 Å². The van der Waals surface area contributed by atoms with Gasteiger partial charge in [0, 0.05) is 18.0 Å². The molecule has 0 aliphatic heterocycles. The molecule has 0 radical (unpaired) electrons. The monoisotopic (exact) mass is 344 g/mol. The molecule has 26 heavy (non-hydrogen) atoms. The third-order valence-corrected chi connectivity index (χ3v) is 3.75. The van der Waals surface area contributed by atoms with Crippen LogP contribution in [0.25, 0.3) is 0 Å². The minimum absolute atomic E-state index is 0.296. The zero-order valence-corrected chi connectivity index (χ0v) is 14.8. The Morgan fingerprint density at radius 3 is 2.00 bits per heavy atom. The first kappa shape index (κ1) is 17.5. The predicted molar refractivity (Wildman–Crippen MR) is 101 cm³/mol. The molecule has 3 aromatic rings. The summed E-state index contributed by atoms with van der Waals surface area (Å²) in [7, 11) is 0. The molecule has 1 heterocycles. The lowest BCUT2D eigenvalue weighted by Crippen LogP contribution is -1.90. The molecule has 130 valence electrons. The second-order valence-electron chi connectivity index (χ2n) is 6.01. The molecule has 0 amide bonds. The molecule has 0 fully saturated rings. The Morgan fingerprint density at radius 1 is 0.692 bits per heavy atom. The molecule has 6 heteroatoms. The smallest absolute Gasteiger partial charge is 0.218 e. The van der Waals surface area contributed by atoms with E-state index in [9.17, 15) is 0 Å². The van der Waals surface area contributed by atoms with Crippen molar-refractivity contribution in [1.82, 2.24) is 9.97 Å². The third kappa shape index (κ3) is 4.86. The fourth-order valence-electron chi connectivity index (χ4n) is 2.28. The summed E-state index contributed by atoms with van der Waals surface area (Å²) in [6.45, 7) is 4.32. The van der Waals surface area contributed by atoms with E-state index in [0.717, 1.165) is 11.3 Å². The van der Waals surface area contributed by atoms with E-state index in [-0.39, 0.29) is 0 Å². The molecule has 1 unspecified atom stereocenters. The molecular formula is C20H20N6. The SMILES string of the molecule is CC(C)c1ccc(N=NC(N=Nc2ncccn2)c2ccccc2)cc1. The van der Waals surface area contributed by atoms with Gasteiger partial charge in [0.05, 0.1) is 5.69 Å². The summed E-state index contributed by atoms with van der Waals surface area (Å²) >= 11 is 0. The van der Waals surface area contributed by atoms with Gasteiger partial charge in [-0.05, 0) is 29.7 Å². The molecule has 6 nitrogen and oxygen atoms in total. The van der Waals surface area contributed by atoms with Crippen LogP contribution >= 0.6 is 0 Å². The highest BCUT2D eigenvalue weighted by atomic mass is 15.3. The van der Waals surface area contributed by atoms with Crippen molar-refractivity contribution < 1.29 is 0 Å². The summed E-state index contributed by atoms with van der Waals surface area (Å²) in [5.74, 6) is 0.780. The fourth-order valence-corrected chi connectivity index (χ4v) is 2.28. The lowest BCUT2D eigenvalue weighted by molar-refractivity contribution is 0.684. The van der Waals surface area contributed by atoms with Gasteiger partial charge in [-0.15, -0.1) is 5.11 Å². The third-order valence-electron chi connectivity index (χ3n) is 3.75. The maximum atomic E-state index is 4.36. The van der Waals surface area contributed by atoms with Gasteiger partial charge in [-0.3, -0.25) is 0 Å². The van der Waals surface area contributed by atoms with Crippen LogP contribution in [0.4, 0.5) is 11.6 Å². The van der Waals surface area contributed by atoms with Crippen molar-refractivity contribution in [1.29, 1.82) is 0 Å². The Kier molecular flexibility index (Phi) is 5.88. The molecule has 0 aliphatic rings. The lowest BCUT2D eigenvalue weighted by atomic mass is 10.0. The predicted octanol–water partition coefficient (Wildman–Crippen LogP) is 6.17. The van der Waals surface area contributed by atoms with Crippen molar-refractivity contribution in [3.05, 3.63) is 84.2 Å². The Morgan fingerprint density at radius 2 is 1.35 bits per heavy atom. The minimum Gasteiger partial charge on any atom is -0.218 e. The highest BCUT2D eigenvalue weighted by Gasteiger charge is 2.09. The largest absolute Gasteiger partial charge is 0.268 e. The van der Waals surface area contributed by atoms with Crippen LogP contribution in [0.2, 0.25) is 0 Å². The zero-order chi connectivity index (χ0) is 18.2. The van der Waals surface area contributed by atoms with Crippen LogP contribution < -0.4 is 0 Å². The van der Waals surface area contributed by atoms with Gasteiger partial charge in [0.1, 0.15) is 0 Å². The van der Waals surface area contributed by atoms with E-state index in [1.807, 2.05) is 42.5 Å². The first-order chi connectivity index (χ1) is 12.7. The second-order valence-corrected chi connectivity index (χ2v) is 6.01. The first-order valence-electron chi connectivity index (χ1n) is 8.46. The number of hydrogen-bond donors (Lipinski definition) is 0. The van der Waals surface area contributed by atoms with E-state index in [0.29, 0.717) is 11.9 Å². The topological polar surface area (TPSA) is 75.2 Å². The molecule has 1 atom stereocenters. The van der Waals surface area contributed by atoms with Gasteiger partial charge in [0.2, 0.25) is 6.17 Å². The highest BCUT2D eigenvalue weighted by molar-refractivity contribution is 5.39. The van der Waals surface area contributed by atoms with Gasteiger partial charge in [-0.25, -0.2) is 9.97 Å². The number of aromatic nitrogens is 2. The Balaban J connectivity index is 1.82. The summed E-state index contributed by atoms with van der Waals surface area (Å²) in [6.07, 6.45) is 2.69. The van der Waals surface area contributed by atoms with E-state index in [4.69, 9.17) is 0 Å². The van der Waals surface area contributed by atoms with E-state index < -0.39 is 6.17 Å².